The zero-order chi connectivity index (χ0) is 14.6. The van der Waals surface area contributed by atoms with Crippen molar-refractivity contribution in [1.82, 2.24) is 0 Å². The van der Waals surface area contributed by atoms with Gasteiger partial charge in [0.25, 0.3) is 0 Å². The van der Waals surface area contributed by atoms with Gasteiger partial charge in [0.05, 0.1) is 13.2 Å². The van der Waals surface area contributed by atoms with Crippen LogP contribution >= 0.6 is 12.4 Å². The van der Waals surface area contributed by atoms with Crippen molar-refractivity contribution in [3.05, 3.63) is 22.8 Å². The number of carbonyl (C=O) groups excluding carboxylic acids is 1. The molecule has 114 valence electrons. The van der Waals surface area contributed by atoms with Crippen LogP contribution in [0.3, 0.4) is 0 Å². The molecule has 5 heteroatoms. The molecule has 1 aromatic rings. The summed E-state index contributed by atoms with van der Waals surface area (Å²) in [5.74, 6) is 1.08. The highest BCUT2D eigenvalue weighted by atomic mass is 35.5. The Morgan fingerprint density at radius 1 is 1.30 bits per heavy atom. The number of hydrogen-bond acceptors (Lipinski definition) is 4. The molecule has 0 spiro atoms. The predicted molar refractivity (Wildman–Crippen MR) is 83.4 cm³/mol. The van der Waals surface area contributed by atoms with Gasteiger partial charge in [-0.1, -0.05) is 0 Å². The number of benzene rings is 1. The average Bonchev–Trinajstić information content (AvgIpc) is 2.32. The summed E-state index contributed by atoms with van der Waals surface area (Å²) in [6.07, 6.45) is 0. The molecule has 0 saturated heterocycles. The van der Waals surface area contributed by atoms with Crippen molar-refractivity contribution in [3.8, 4) is 11.5 Å². The van der Waals surface area contributed by atoms with Crippen LogP contribution in [-0.4, -0.2) is 19.0 Å². The number of halogens is 1. The summed E-state index contributed by atoms with van der Waals surface area (Å²) >= 11 is 0. The van der Waals surface area contributed by atoms with Crippen molar-refractivity contribution in [2.24, 2.45) is 5.73 Å². The average molecular weight is 302 g/mol. The van der Waals surface area contributed by atoms with Crippen LogP contribution in [0.2, 0.25) is 0 Å². The molecule has 0 heterocycles. The largest absolute Gasteiger partial charge is 0.493 e. The number of nitrogens with two attached hydrogens (primary N) is 1. The Morgan fingerprint density at radius 2 is 1.85 bits per heavy atom. The van der Waals surface area contributed by atoms with Crippen LogP contribution in [-0.2, 0) is 0 Å². The molecular formula is C15H24ClNO3. The maximum Gasteiger partial charge on any atom is 0.167 e. The van der Waals surface area contributed by atoms with Crippen LogP contribution in [0.25, 0.3) is 0 Å². The molecular weight excluding hydrogens is 278 g/mol. The van der Waals surface area contributed by atoms with Crippen molar-refractivity contribution < 1.29 is 14.3 Å². The minimum absolute atomic E-state index is 0. The first kappa shape index (κ1) is 18.7. The molecule has 20 heavy (non-hydrogen) atoms. The van der Waals surface area contributed by atoms with E-state index in [1.54, 1.807) is 0 Å². The summed E-state index contributed by atoms with van der Waals surface area (Å²) in [4.78, 5) is 11.9. The summed E-state index contributed by atoms with van der Waals surface area (Å²) in [5, 5.41) is 0. The summed E-state index contributed by atoms with van der Waals surface area (Å²) in [6.45, 7) is 10.1. The van der Waals surface area contributed by atoms with Gasteiger partial charge in [-0.3, -0.25) is 4.79 Å². The fraction of sp³-hybridized carbons (Fsp3) is 0.533. The molecule has 1 aromatic carbocycles. The van der Waals surface area contributed by atoms with Crippen LogP contribution in [0.1, 0.15) is 55.2 Å². The Hall–Kier alpha value is -1.26. The fourth-order valence-corrected chi connectivity index (χ4v) is 2.15. The van der Waals surface area contributed by atoms with Crippen molar-refractivity contribution in [2.75, 3.05) is 13.2 Å². The first-order valence-electron chi connectivity index (χ1n) is 6.63. The molecule has 0 aliphatic rings. The van der Waals surface area contributed by atoms with Crippen LogP contribution in [0, 0.1) is 6.92 Å². The van der Waals surface area contributed by atoms with Gasteiger partial charge in [0.1, 0.15) is 17.1 Å². The number of carbonyl (C=O) groups is 1. The molecule has 0 radical (unpaired) electrons. The highest BCUT2D eigenvalue weighted by molar-refractivity contribution is 6.00. The van der Waals surface area contributed by atoms with E-state index in [9.17, 15) is 4.79 Å². The van der Waals surface area contributed by atoms with Gasteiger partial charge < -0.3 is 15.2 Å². The second-order valence-corrected chi connectivity index (χ2v) is 4.50. The summed E-state index contributed by atoms with van der Waals surface area (Å²) in [6, 6.07) is 1.71. The minimum atomic E-state index is -0.139. The Bertz CT molecular complexity index is 473. The molecule has 0 aliphatic carbocycles. The Labute approximate surface area is 127 Å². The van der Waals surface area contributed by atoms with Crippen LogP contribution in [0.15, 0.2) is 6.07 Å². The summed E-state index contributed by atoms with van der Waals surface area (Å²) in [5.41, 5.74) is 8.33. The smallest absolute Gasteiger partial charge is 0.167 e. The molecule has 0 bridgehead atoms. The van der Waals surface area contributed by atoms with Crippen molar-refractivity contribution in [1.29, 1.82) is 0 Å². The molecule has 0 fully saturated rings. The Balaban J connectivity index is 0.00000361. The monoisotopic (exact) mass is 301 g/mol. The lowest BCUT2D eigenvalue weighted by Gasteiger charge is -2.20. The lowest BCUT2D eigenvalue weighted by Crippen LogP contribution is -2.13. The zero-order valence-electron chi connectivity index (χ0n) is 12.8. The predicted octanol–water partition coefficient (Wildman–Crippen LogP) is 3.44. The SMILES string of the molecule is CCOc1cc(C(C)N)c(C)c(OCC)c1C(C)=O.Cl. The summed E-state index contributed by atoms with van der Waals surface area (Å²) < 4.78 is 11.2. The van der Waals surface area contributed by atoms with E-state index < -0.39 is 0 Å². The highest BCUT2D eigenvalue weighted by Crippen LogP contribution is 2.37. The number of ether oxygens (including phenoxy) is 2. The van der Waals surface area contributed by atoms with Gasteiger partial charge in [-0.25, -0.2) is 0 Å². The lowest BCUT2D eigenvalue weighted by molar-refractivity contribution is 0.101. The molecule has 2 N–H and O–H groups in total. The van der Waals surface area contributed by atoms with E-state index in [0.717, 1.165) is 11.1 Å². The van der Waals surface area contributed by atoms with Gasteiger partial charge in [0.2, 0.25) is 0 Å². The van der Waals surface area contributed by atoms with E-state index >= 15 is 0 Å². The molecule has 0 amide bonds. The molecule has 1 atom stereocenters. The maximum absolute atomic E-state index is 11.9. The molecule has 0 aromatic heterocycles. The summed E-state index contributed by atoms with van der Waals surface area (Å²) in [7, 11) is 0. The number of rotatable bonds is 6. The lowest BCUT2D eigenvalue weighted by atomic mass is 9.96. The van der Waals surface area contributed by atoms with E-state index in [1.807, 2.05) is 33.8 Å². The minimum Gasteiger partial charge on any atom is -0.493 e. The Morgan fingerprint density at radius 3 is 2.25 bits per heavy atom. The third kappa shape index (κ3) is 3.87. The van der Waals surface area contributed by atoms with Crippen LogP contribution < -0.4 is 15.2 Å². The van der Waals surface area contributed by atoms with Crippen molar-refractivity contribution in [3.63, 3.8) is 0 Å². The standard InChI is InChI=1S/C15H23NO3.ClH/c1-6-18-13-8-12(10(4)16)9(3)15(19-7-2)14(13)11(5)17;/h8,10H,6-7,16H2,1-5H3;1H. The van der Waals surface area contributed by atoms with Crippen molar-refractivity contribution in [2.45, 2.75) is 40.7 Å². The fourth-order valence-electron chi connectivity index (χ4n) is 2.15. The van der Waals surface area contributed by atoms with E-state index in [1.165, 1.54) is 6.92 Å². The zero-order valence-corrected chi connectivity index (χ0v) is 13.6. The van der Waals surface area contributed by atoms with Gasteiger partial charge in [-0.15, -0.1) is 12.4 Å². The van der Waals surface area contributed by atoms with Gasteiger partial charge in [0.15, 0.2) is 5.78 Å². The molecule has 4 nitrogen and oxygen atoms in total. The number of ketones is 1. The first-order valence-corrected chi connectivity index (χ1v) is 6.63. The third-order valence-corrected chi connectivity index (χ3v) is 2.96. The van der Waals surface area contributed by atoms with Gasteiger partial charge in [0, 0.05) is 6.04 Å². The topological polar surface area (TPSA) is 61.6 Å². The molecule has 0 aliphatic heterocycles. The quantitative estimate of drug-likeness (QED) is 0.818. The maximum atomic E-state index is 11.9. The van der Waals surface area contributed by atoms with E-state index in [4.69, 9.17) is 15.2 Å². The third-order valence-electron chi connectivity index (χ3n) is 2.96. The second kappa shape index (κ2) is 8.12. The van der Waals surface area contributed by atoms with Gasteiger partial charge in [-0.05, 0) is 51.8 Å². The van der Waals surface area contributed by atoms with Crippen LogP contribution in [0.5, 0.6) is 11.5 Å². The van der Waals surface area contributed by atoms with E-state index in [-0.39, 0.29) is 24.2 Å². The number of hydrogen-bond donors (Lipinski definition) is 1. The van der Waals surface area contributed by atoms with Crippen molar-refractivity contribution >= 4 is 18.2 Å². The number of Topliss-reactive ketones (excluding diaryl/α,β-unsaturated/α-hetero) is 1. The second-order valence-electron chi connectivity index (χ2n) is 4.50. The molecule has 0 saturated carbocycles. The van der Waals surface area contributed by atoms with Crippen LogP contribution in [0.4, 0.5) is 0 Å². The molecule has 1 unspecified atom stereocenters. The molecule has 1 rings (SSSR count). The highest BCUT2D eigenvalue weighted by Gasteiger charge is 2.22. The van der Waals surface area contributed by atoms with E-state index in [2.05, 4.69) is 0 Å². The normalized spacial score (nSPS) is 11.5. The van der Waals surface area contributed by atoms with Gasteiger partial charge in [-0.2, -0.15) is 0 Å². The first-order chi connectivity index (χ1) is 8.93. The Kier molecular flexibility index (Phi) is 7.61. The van der Waals surface area contributed by atoms with Gasteiger partial charge >= 0.3 is 0 Å². The van der Waals surface area contributed by atoms with E-state index in [0.29, 0.717) is 30.3 Å².